The highest BCUT2D eigenvalue weighted by molar-refractivity contribution is 7.11. The maximum atomic E-state index is 5.81. The Morgan fingerprint density at radius 2 is 1.94 bits per heavy atom. The van der Waals surface area contributed by atoms with E-state index in [9.17, 15) is 0 Å². The van der Waals surface area contributed by atoms with Gasteiger partial charge in [-0.1, -0.05) is 27.2 Å². The van der Waals surface area contributed by atoms with Crippen molar-refractivity contribution in [1.82, 2.24) is 5.32 Å². The zero-order valence-electron chi connectivity index (χ0n) is 12.2. The summed E-state index contributed by atoms with van der Waals surface area (Å²) in [5, 5.41) is 3.47. The summed E-state index contributed by atoms with van der Waals surface area (Å²) in [6, 6.07) is 4.40. The molecule has 1 N–H and O–H groups in total. The van der Waals surface area contributed by atoms with Crippen molar-refractivity contribution >= 4 is 11.3 Å². The van der Waals surface area contributed by atoms with Gasteiger partial charge in [-0.05, 0) is 37.9 Å². The van der Waals surface area contributed by atoms with Gasteiger partial charge in [0.05, 0.1) is 12.7 Å². The molecule has 2 nitrogen and oxygen atoms in total. The number of hydrogen-bond donors (Lipinski definition) is 1. The van der Waals surface area contributed by atoms with Gasteiger partial charge in [0, 0.05) is 16.3 Å². The molecule has 1 aromatic heterocycles. The first-order valence-electron chi connectivity index (χ1n) is 7.01. The highest BCUT2D eigenvalue weighted by Crippen LogP contribution is 2.18. The van der Waals surface area contributed by atoms with Gasteiger partial charge in [-0.15, -0.1) is 11.3 Å². The van der Waals surface area contributed by atoms with Gasteiger partial charge in [0.25, 0.3) is 0 Å². The number of thiophene rings is 1. The van der Waals surface area contributed by atoms with Crippen LogP contribution in [0.3, 0.4) is 0 Å². The summed E-state index contributed by atoms with van der Waals surface area (Å²) in [6.45, 7) is 11.6. The van der Waals surface area contributed by atoms with Crippen LogP contribution in [0.15, 0.2) is 12.1 Å². The summed E-state index contributed by atoms with van der Waals surface area (Å²) in [7, 11) is 0. The first kappa shape index (κ1) is 15.7. The Balaban J connectivity index is 2.25. The third kappa shape index (κ3) is 6.53. The van der Waals surface area contributed by atoms with E-state index in [0.29, 0.717) is 12.0 Å². The minimum absolute atomic E-state index is 0.375. The Morgan fingerprint density at radius 3 is 2.61 bits per heavy atom. The molecular weight excluding hydrogens is 242 g/mol. The molecule has 0 amide bonds. The lowest BCUT2D eigenvalue weighted by Gasteiger charge is -2.10. The topological polar surface area (TPSA) is 21.3 Å². The molecule has 1 unspecified atom stereocenters. The summed E-state index contributed by atoms with van der Waals surface area (Å²) < 4.78 is 5.81. The molecule has 3 heteroatoms. The first-order valence-corrected chi connectivity index (χ1v) is 7.83. The Kier molecular flexibility index (Phi) is 7.56. The van der Waals surface area contributed by atoms with Gasteiger partial charge in [-0.25, -0.2) is 0 Å². The Bertz CT molecular complexity index is 322. The second-order valence-corrected chi connectivity index (χ2v) is 6.56. The van der Waals surface area contributed by atoms with Crippen LogP contribution in [0.2, 0.25) is 0 Å². The molecule has 0 spiro atoms. The van der Waals surface area contributed by atoms with Crippen LogP contribution in [-0.4, -0.2) is 12.6 Å². The molecule has 0 aromatic carbocycles. The fraction of sp³-hybridized carbons (Fsp3) is 0.733. The van der Waals surface area contributed by atoms with Crippen molar-refractivity contribution in [3.63, 3.8) is 0 Å². The van der Waals surface area contributed by atoms with E-state index >= 15 is 0 Å². The van der Waals surface area contributed by atoms with Gasteiger partial charge < -0.3 is 10.1 Å². The molecule has 0 radical (unpaired) electrons. The molecule has 1 aromatic rings. The van der Waals surface area contributed by atoms with E-state index in [-0.39, 0.29) is 0 Å². The highest BCUT2D eigenvalue weighted by Gasteiger charge is 2.04. The maximum Gasteiger partial charge on any atom is 0.0813 e. The lowest BCUT2D eigenvalue weighted by atomic mass is 10.2. The van der Waals surface area contributed by atoms with Crippen molar-refractivity contribution in [2.45, 2.75) is 59.8 Å². The van der Waals surface area contributed by atoms with Crippen molar-refractivity contribution in [3.05, 3.63) is 21.9 Å². The molecule has 1 heterocycles. The van der Waals surface area contributed by atoms with Gasteiger partial charge in [0.15, 0.2) is 0 Å². The van der Waals surface area contributed by atoms with Crippen LogP contribution in [0.4, 0.5) is 0 Å². The lowest BCUT2D eigenvalue weighted by molar-refractivity contribution is 0.0488. The molecule has 0 saturated carbocycles. The lowest BCUT2D eigenvalue weighted by Crippen LogP contribution is -2.18. The summed E-state index contributed by atoms with van der Waals surface area (Å²) >= 11 is 1.86. The van der Waals surface area contributed by atoms with E-state index in [1.54, 1.807) is 0 Å². The highest BCUT2D eigenvalue weighted by atomic mass is 32.1. The van der Waals surface area contributed by atoms with Crippen LogP contribution < -0.4 is 5.32 Å². The second-order valence-electron chi connectivity index (χ2n) is 5.30. The van der Waals surface area contributed by atoms with Crippen LogP contribution in [0, 0.1) is 5.92 Å². The monoisotopic (exact) mass is 269 g/mol. The van der Waals surface area contributed by atoms with Crippen molar-refractivity contribution in [2.24, 2.45) is 5.92 Å². The molecule has 0 aliphatic heterocycles. The largest absolute Gasteiger partial charge is 0.373 e. The second kappa shape index (κ2) is 8.68. The predicted octanol–water partition coefficient (Wildman–Crippen LogP) is 4.20. The molecule has 1 rings (SSSR count). The molecule has 0 fully saturated rings. The smallest absolute Gasteiger partial charge is 0.0813 e. The number of nitrogens with one attached hydrogen (secondary N) is 1. The Labute approximate surface area is 116 Å². The third-order valence-corrected chi connectivity index (χ3v) is 3.83. The van der Waals surface area contributed by atoms with Crippen molar-refractivity contribution in [1.29, 1.82) is 0 Å². The molecule has 0 bridgehead atoms. The average molecular weight is 269 g/mol. The van der Waals surface area contributed by atoms with Crippen molar-refractivity contribution in [2.75, 3.05) is 6.54 Å². The maximum absolute atomic E-state index is 5.81. The molecule has 18 heavy (non-hydrogen) atoms. The standard InChI is InChI=1S/C15H27NOS/c1-5-6-13(4)17-11-15-8-7-14(18-15)10-16-9-12(2)3/h7-8,12-13,16H,5-6,9-11H2,1-4H3. The SMILES string of the molecule is CCCC(C)OCc1ccc(CNCC(C)C)s1. The zero-order valence-corrected chi connectivity index (χ0v) is 13.0. The summed E-state index contributed by atoms with van der Waals surface area (Å²) in [6.07, 6.45) is 2.71. The minimum Gasteiger partial charge on any atom is -0.373 e. The third-order valence-electron chi connectivity index (χ3n) is 2.77. The molecule has 0 aliphatic rings. The van der Waals surface area contributed by atoms with Crippen LogP contribution in [-0.2, 0) is 17.9 Å². The van der Waals surface area contributed by atoms with Crippen molar-refractivity contribution < 1.29 is 4.74 Å². The van der Waals surface area contributed by atoms with Crippen LogP contribution in [0.1, 0.15) is 50.3 Å². The first-order chi connectivity index (χ1) is 8.61. The summed E-state index contributed by atoms with van der Waals surface area (Å²) in [5.74, 6) is 0.711. The van der Waals surface area contributed by atoms with E-state index < -0.39 is 0 Å². The van der Waals surface area contributed by atoms with Gasteiger partial charge in [-0.2, -0.15) is 0 Å². The Hall–Kier alpha value is -0.380. The van der Waals surface area contributed by atoms with E-state index in [0.717, 1.165) is 26.1 Å². The van der Waals surface area contributed by atoms with Gasteiger partial charge in [-0.3, -0.25) is 0 Å². The van der Waals surface area contributed by atoms with Crippen molar-refractivity contribution in [3.8, 4) is 0 Å². The van der Waals surface area contributed by atoms with Crippen LogP contribution >= 0.6 is 11.3 Å². The average Bonchev–Trinajstić information content (AvgIpc) is 2.74. The quantitative estimate of drug-likeness (QED) is 0.725. The van der Waals surface area contributed by atoms with Gasteiger partial charge >= 0.3 is 0 Å². The molecule has 1 atom stereocenters. The number of ether oxygens (including phenoxy) is 1. The fourth-order valence-corrected chi connectivity index (χ4v) is 2.70. The summed E-state index contributed by atoms with van der Waals surface area (Å²) in [5.41, 5.74) is 0. The van der Waals surface area contributed by atoms with E-state index in [1.165, 1.54) is 16.2 Å². The molecule has 0 aliphatic carbocycles. The molecule has 0 saturated heterocycles. The Morgan fingerprint density at radius 1 is 1.22 bits per heavy atom. The van der Waals surface area contributed by atoms with Crippen LogP contribution in [0.5, 0.6) is 0 Å². The predicted molar refractivity (Wildman–Crippen MR) is 80.0 cm³/mol. The fourth-order valence-electron chi connectivity index (χ4n) is 1.79. The zero-order chi connectivity index (χ0) is 13.4. The number of rotatable bonds is 9. The van der Waals surface area contributed by atoms with Gasteiger partial charge in [0.2, 0.25) is 0 Å². The van der Waals surface area contributed by atoms with E-state index in [2.05, 4.69) is 45.1 Å². The number of hydrogen-bond acceptors (Lipinski definition) is 3. The minimum atomic E-state index is 0.375. The summed E-state index contributed by atoms with van der Waals surface area (Å²) in [4.78, 5) is 2.73. The molecule has 104 valence electrons. The van der Waals surface area contributed by atoms with Crippen LogP contribution in [0.25, 0.3) is 0 Å². The van der Waals surface area contributed by atoms with E-state index in [4.69, 9.17) is 4.74 Å². The normalized spacial score (nSPS) is 13.2. The van der Waals surface area contributed by atoms with Gasteiger partial charge in [0.1, 0.15) is 0 Å². The molecular formula is C15H27NOS. The van der Waals surface area contributed by atoms with E-state index in [1.807, 2.05) is 11.3 Å².